The molecular weight excluding hydrogens is 356 g/mol. The predicted molar refractivity (Wildman–Crippen MR) is 92.1 cm³/mol. The number of hydrogen-bond acceptors (Lipinski definition) is 3. The van der Waals surface area contributed by atoms with E-state index >= 15 is 0 Å². The highest BCUT2D eigenvalue weighted by molar-refractivity contribution is 9.10. The first-order valence-electron chi connectivity index (χ1n) is 6.68. The topological polar surface area (TPSA) is 24.9 Å². The van der Waals surface area contributed by atoms with Gasteiger partial charge in [-0.2, -0.15) is 0 Å². The molecule has 5 heteroatoms. The van der Waals surface area contributed by atoms with Crippen molar-refractivity contribution in [1.82, 2.24) is 10.3 Å². The maximum atomic E-state index is 4.81. The third-order valence-corrected chi connectivity index (χ3v) is 5.51. The molecule has 108 valence electrons. The average molecular weight is 374 g/mol. The van der Waals surface area contributed by atoms with Crippen LogP contribution in [0.4, 0.5) is 0 Å². The van der Waals surface area contributed by atoms with Crippen molar-refractivity contribution in [2.24, 2.45) is 0 Å². The first-order valence-corrected chi connectivity index (χ1v) is 8.29. The van der Waals surface area contributed by atoms with Crippen molar-refractivity contribution in [1.29, 1.82) is 0 Å². The minimum atomic E-state index is 0. The predicted octanol–water partition coefficient (Wildman–Crippen LogP) is 4.77. The van der Waals surface area contributed by atoms with Gasteiger partial charge in [0, 0.05) is 10.4 Å². The third-order valence-electron chi connectivity index (χ3n) is 3.61. The van der Waals surface area contributed by atoms with Gasteiger partial charge in [-0.25, -0.2) is 4.98 Å². The van der Waals surface area contributed by atoms with Crippen molar-refractivity contribution < 1.29 is 0 Å². The van der Waals surface area contributed by atoms with Gasteiger partial charge >= 0.3 is 0 Å². The van der Waals surface area contributed by atoms with Gasteiger partial charge < -0.3 is 5.32 Å². The smallest absolute Gasteiger partial charge is 0.0966 e. The normalized spacial score (nSPS) is 15.9. The Morgan fingerprint density at radius 3 is 2.50 bits per heavy atom. The van der Waals surface area contributed by atoms with Gasteiger partial charge in [0.2, 0.25) is 0 Å². The summed E-state index contributed by atoms with van der Waals surface area (Å²) < 4.78 is 1.12. The third kappa shape index (κ3) is 3.42. The Bertz CT molecular complexity index is 562. The minimum absolute atomic E-state index is 0. The molecular formula is C15H18BrClN2S. The number of aryl methyl sites for hydroxylation is 1. The molecule has 1 saturated heterocycles. The Labute approximate surface area is 138 Å². The molecule has 3 rings (SSSR count). The fourth-order valence-electron chi connectivity index (χ4n) is 2.53. The summed E-state index contributed by atoms with van der Waals surface area (Å²) in [6.45, 7) is 4.37. The van der Waals surface area contributed by atoms with E-state index in [4.69, 9.17) is 4.98 Å². The lowest BCUT2D eigenvalue weighted by molar-refractivity contribution is 0.459. The Morgan fingerprint density at radius 1 is 1.20 bits per heavy atom. The van der Waals surface area contributed by atoms with E-state index in [1.807, 2.05) is 11.3 Å². The van der Waals surface area contributed by atoms with Crippen LogP contribution in [0.25, 0.3) is 10.4 Å². The zero-order chi connectivity index (χ0) is 13.2. The Morgan fingerprint density at radius 2 is 1.85 bits per heavy atom. The number of aromatic nitrogens is 1. The number of piperidine rings is 1. The second-order valence-corrected chi connectivity index (χ2v) is 6.94. The Balaban J connectivity index is 0.00000147. The van der Waals surface area contributed by atoms with Gasteiger partial charge in [-0.3, -0.25) is 0 Å². The van der Waals surface area contributed by atoms with Gasteiger partial charge in [0.25, 0.3) is 0 Å². The van der Waals surface area contributed by atoms with E-state index < -0.39 is 0 Å². The fraction of sp³-hybridized carbons (Fsp3) is 0.400. The highest BCUT2D eigenvalue weighted by Gasteiger charge is 2.20. The lowest BCUT2D eigenvalue weighted by Crippen LogP contribution is -2.26. The van der Waals surface area contributed by atoms with E-state index in [-0.39, 0.29) is 12.4 Å². The van der Waals surface area contributed by atoms with Gasteiger partial charge in [0.15, 0.2) is 0 Å². The quantitative estimate of drug-likeness (QED) is 0.820. The second kappa shape index (κ2) is 7.03. The lowest BCUT2D eigenvalue weighted by Gasteiger charge is -2.20. The first-order chi connectivity index (χ1) is 9.24. The first kappa shape index (κ1) is 16.0. The van der Waals surface area contributed by atoms with Crippen LogP contribution in [-0.4, -0.2) is 18.1 Å². The fourth-order valence-corrected chi connectivity index (χ4v) is 4.04. The molecule has 1 aliphatic rings. The summed E-state index contributed by atoms with van der Waals surface area (Å²) >= 11 is 5.36. The second-order valence-electron chi connectivity index (χ2n) is 5.00. The number of benzene rings is 1. The van der Waals surface area contributed by atoms with E-state index in [1.54, 1.807) is 0 Å². The molecule has 20 heavy (non-hydrogen) atoms. The standard InChI is InChI=1S/C15H17BrN2S.ClH/c1-10-14(11-2-4-13(16)5-3-11)19-15(18-10)12-6-8-17-9-7-12;/h2-5,12,17H,6-9H2,1H3;1H. The van der Waals surface area contributed by atoms with Gasteiger partial charge in [-0.1, -0.05) is 28.1 Å². The maximum Gasteiger partial charge on any atom is 0.0966 e. The zero-order valence-corrected chi connectivity index (χ0v) is 14.6. The molecule has 1 fully saturated rings. The Hall–Kier alpha value is -0.420. The number of rotatable bonds is 2. The van der Waals surface area contributed by atoms with Crippen molar-refractivity contribution in [2.75, 3.05) is 13.1 Å². The maximum absolute atomic E-state index is 4.81. The molecule has 1 aromatic carbocycles. The van der Waals surface area contributed by atoms with E-state index in [9.17, 15) is 0 Å². The lowest BCUT2D eigenvalue weighted by atomic mass is 9.99. The van der Waals surface area contributed by atoms with Crippen LogP contribution in [0.1, 0.15) is 29.5 Å². The SMILES string of the molecule is Cc1nc(C2CCNCC2)sc1-c1ccc(Br)cc1.Cl. The van der Waals surface area contributed by atoms with E-state index in [1.165, 1.54) is 34.0 Å². The summed E-state index contributed by atoms with van der Waals surface area (Å²) in [6.07, 6.45) is 2.43. The number of hydrogen-bond donors (Lipinski definition) is 1. The van der Waals surface area contributed by atoms with Crippen LogP contribution in [0.3, 0.4) is 0 Å². The van der Waals surface area contributed by atoms with Crippen molar-refractivity contribution in [3.8, 4) is 10.4 Å². The van der Waals surface area contributed by atoms with Crippen LogP contribution in [0.2, 0.25) is 0 Å². The van der Waals surface area contributed by atoms with Crippen LogP contribution >= 0.6 is 39.7 Å². The van der Waals surface area contributed by atoms with Gasteiger partial charge in [-0.05, 0) is 50.6 Å². The van der Waals surface area contributed by atoms with Crippen LogP contribution in [-0.2, 0) is 0 Å². The van der Waals surface area contributed by atoms with Gasteiger partial charge in [0.05, 0.1) is 15.6 Å². The molecule has 0 unspecified atom stereocenters. The van der Waals surface area contributed by atoms with Crippen LogP contribution in [0.15, 0.2) is 28.7 Å². The van der Waals surface area contributed by atoms with E-state index in [0.717, 1.165) is 17.6 Å². The molecule has 0 aliphatic carbocycles. The molecule has 2 nitrogen and oxygen atoms in total. The minimum Gasteiger partial charge on any atom is -0.317 e. The summed E-state index contributed by atoms with van der Waals surface area (Å²) in [5.41, 5.74) is 2.44. The summed E-state index contributed by atoms with van der Waals surface area (Å²) in [4.78, 5) is 6.13. The zero-order valence-electron chi connectivity index (χ0n) is 11.4. The van der Waals surface area contributed by atoms with Crippen molar-refractivity contribution in [3.63, 3.8) is 0 Å². The average Bonchev–Trinajstić information content (AvgIpc) is 2.83. The molecule has 0 amide bonds. The van der Waals surface area contributed by atoms with Crippen molar-refractivity contribution >= 4 is 39.7 Å². The summed E-state index contributed by atoms with van der Waals surface area (Å²) in [5, 5.41) is 4.73. The summed E-state index contributed by atoms with van der Waals surface area (Å²) in [5.74, 6) is 0.647. The molecule has 0 saturated carbocycles. The molecule has 2 heterocycles. The molecule has 0 radical (unpaired) electrons. The molecule has 2 aromatic rings. The molecule has 0 atom stereocenters. The summed E-state index contributed by atoms with van der Waals surface area (Å²) in [6, 6.07) is 8.52. The largest absolute Gasteiger partial charge is 0.317 e. The van der Waals surface area contributed by atoms with Gasteiger partial charge in [-0.15, -0.1) is 23.7 Å². The molecule has 0 spiro atoms. The highest BCUT2D eigenvalue weighted by Crippen LogP contribution is 2.36. The van der Waals surface area contributed by atoms with Crippen LogP contribution in [0.5, 0.6) is 0 Å². The molecule has 1 aromatic heterocycles. The van der Waals surface area contributed by atoms with Crippen LogP contribution < -0.4 is 5.32 Å². The number of halogens is 2. The summed E-state index contributed by atoms with van der Waals surface area (Å²) in [7, 11) is 0. The van der Waals surface area contributed by atoms with Crippen molar-refractivity contribution in [2.45, 2.75) is 25.7 Å². The molecule has 1 N–H and O–H groups in total. The number of thiazole rings is 1. The van der Waals surface area contributed by atoms with Crippen LogP contribution in [0, 0.1) is 6.92 Å². The number of nitrogens with one attached hydrogen (secondary N) is 1. The molecule has 1 aliphatic heterocycles. The Kier molecular flexibility index (Phi) is 5.61. The monoisotopic (exact) mass is 372 g/mol. The van der Waals surface area contributed by atoms with Gasteiger partial charge in [0.1, 0.15) is 0 Å². The molecule has 0 bridgehead atoms. The van der Waals surface area contributed by atoms with Crippen molar-refractivity contribution in [3.05, 3.63) is 39.4 Å². The number of nitrogens with zero attached hydrogens (tertiary/aromatic N) is 1. The highest BCUT2D eigenvalue weighted by atomic mass is 79.9. The van der Waals surface area contributed by atoms with E-state index in [0.29, 0.717) is 5.92 Å². The van der Waals surface area contributed by atoms with E-state index in [2.05, 4.69) is 52.4 Å².